The molecule has 49 heavy (non-hydrogen) atoms. The zero-order valence-corrected chi connectivity index (χ0v) is 31.2. The molecular formula is C39H52O10. The summed E-state index contributed by atoms with van der Waals surface area (Å²) in [5, 5.41) is 0. The second-order valence-electron chi connectivity index (χ2n) is 12.5. The molecule has 5 atom stereocenters. The number of benzene rings is 3. The molecule has 1 aliphatic carbocycles. The lowest BCUT2D eigenvalue weighted by atomic mass is 9.58. The van der Waals surface area contributed by atoms with Crippen LogP contribution in [0.4, 0.5) is 0 Å². The van der Waals surface area contributed by atoms with Crippen LogP contribution >= 0.6 is 0 Å². The van der Waals surface area contributed by atoms with E-state index >= 15 is 0 Å². The van der Waals surface area contributed by atoms with Crippen molar-refractivity contribution in [3.05, 3.63) is 52.6 Å². The van der Waals surface area contributed by atoms with Crippen LogP contribution < -0.4 is 42.6 Å². The second kappa shape index (κ2) is 15.4. The number of methoxy groups -OCH3 is 9. The molecule has 0 N–H and O–H groups in total. The minimum atomic E-state index is -0.770. The molecule has 0 fully saturated rings. The predicted molar refractivity (Wildman–Crippen MR) is 188 cm³/mol. The molecule has 268 valence electrons. The highest BCUT2D eigenvalue weighted by molar-refractivity contribution is 5.80. The topological polar surface area (TPSA) is 100 Å². The first kappa shape index (κ1) is 37.4. The van der Waals surface area contributed by atoms with Crippen LogP contribution in [0.25, 0.3) is 0 Å². The Morgan fingerprint density at radius 3 is 1.59 bits per heavy atom. The van der Waals surface area contributed by atoms with Crippen molar-refractivity contribution in [3.8, 4) is 51.7 Å². The standard InChI is InChI=1S/C39H52O10/c1-14-24(25-15-29(43-7)31(45-9)17-27(25)41-5)22(3)39(20-21(2)40)23(4)35(26-16-30(44-8)32(46-10)18-28(26)42-6)36-37(39)33(47-11)19-34(48-12)38(36)49-13/h15-19,22-24,35H,14,20H2,1-13H3. The zero-order valence-electron chi connectivity index (χ0n) is 31.2. The molecule has 0 spiro atoms. The van der Waals surface area contributed by atoms with Gasteiger partial charge in [-0.15, -0.1) is 0 Å². The lowest BCUT2D eigenvalue weighted by Gasteiger charge is -2.45. The first-order valence-electron chi connectivity index (χ1n) is 16.4. The van der Waals surface area contributed by atoms with Gasteiger partial charge in [0.1, 0.15) is 23.0 Å². The quantitative estimate of drug-likeness (QED) is 0.150. The molecule has 0 aliphatic heterocycles. The molecule has 0 heterocycles. The fraction of sp³-hybridized carbons (Fsp3) is 0.513. The highest BCUT2D eigenvalue weighted by Crippen LogP contribution is 2.67. The molecule has 0 saturated heterocycles. The van der Waals surface area contributed by atoms with Crippen LogP contribution in [0, 0.1) is 11.8 Å². The number of Topliss-reactive ketones (excluding diaryl/α,β-unsaturated/α-hetero) is 1. The summed E-state index contributed by atoms with van der Waals surface area (Å²) < 4.78 is 53.1. The third-order valence-electron chi connectivity index (χ3n) is 10.6. The molecule has 4 rings (SSSR count). The maximum Gasteiger partial charge on any atom is 0.165 e. The Labute approximate surface area is 290 Å². The third kappa shape index (κ3) is 6.15. The molecule has 0 bridgehead atoms. The molecule has 3 aromatic carbocycles. The van der Waals surface area contributed by atoms with Gasteiger partial charge in [0.2, 0.25) is 0 Å². The highest BCUT2D eigenvalue weighted by atomic mass is 16.5. The van der Waals surface area contributed by atoms with Gasteiger partial charge in [0.15, 0.2) is 34.5 Å². The van der Waals surface area contributed by atoms with E-state index in [1.54, 1.807) is 70.9 Å². The molecule has 0 aromatic heterocycles. The van der Waals surface area contributed by atoms with Crippen LogP contribution in [0.3, 0.4) is 0 Å². The number of ether oxygens (including phenoxy) is 9. The van der Waals surface area contributed by atoms with E-state index < -0.39 is 5.41 Å². The minimum Gasteiger partial charge on any atom is -0.496 e. The van der Waals surface area contributed by atoms with E-state index in [9.17, 15) is 4.79 Å². The highest BCUT2D eigenvalue weighted by Gasteiger charge is 2.59. The largest absolute Gasteiger partial charge is 0.496 e. The summed E-state index contributed by atoms with van der Waals surface area (Å²) in [5.41, 5.74) is 2.82. The van der Waals surface area contributed by atoms with Crippen molar-refractivity contribution < 1.29 is 47.4 Å². The average molecular weight is 681 g/mol. The van der Waals surface area contributed by atoms with Crippen molar-refractivity contribution in [2.45, 2.75) is 57.8 Å². The van der Waals surface area contributed by atoms with Crippen LogP contribution in [-0.4, -0.2) is 69.8 Å². The van der Waals surface area contributed by atoms with Gasteiger partial charge in [-0.3, -0.25) is 4.79 Å². The van der Waals surface area contributed by atoms with E-state index in [1.807, 2.05) is 30.3 Å². The predicted octanol–water partition coefficient (Wildman–Crippen LogP) is 7.59. The van der Waals surface area contributed by atoms with Crippen molar-refractivity contribution in [3.63, 3.8) is 0 Å². The normalized spacial score (nSPS) is 19.3. The minimum absolute atomic E-state index is 0.0514. The van der Waals surface area contributed by atoms with Gasteiger partial charge in [-0.1, -0.05) is 20.8 Å². The SMILES string of the molecule is CCC(c1cc(OC)c(OC)cc1OC)C(C)C1(CC(C)=O)c2c(OC)cc(OC)c(OC)c2C(c2cc(OC)c(OC)cc2OC)C1C. The number of rotatable bonds is 16. The summed E-state index contributed by atoms with van der Waals surface area (Å²) in [5.74, 6) is 4.55. The van der Waals surface area contributed by atoms with Crippen LogP contribution in [-0.2, 0) is 10.2 Å². The van der Waals surface area contributed by atoms with E-state index in [1.165, 1.54) is 0 Å². The molecule has 5 unspecified atom stereocenters. The Morgan fingerprint density at radius 1 is 0.653 bits per heavy atom. The summed E-state index contributed by atoms with van der Waals surface area (Å²) >= 11 is 0. The third-order valence-corrected chi connectivity index (χ3v) is 10.6. The van der Waals surface area contributed by atoms with Crippen molar-refractivity contribution in [2.24, 2.45) is 11.8 Å². The van der Waals surface area contributed by atoms with Gasteiger partial charge in [-0.2, -0.15) is 0 Å². The van der Waals surface area contributed by atoms with Gasteiger partial charge in [0, 0.05) is 58.2 Å². The summed E-state index contributed by atoms with van der Waals surface area (Å²) in [4.78, 5) is 13.6. The lowest BCUT2D eigenvalue weighted by Crippen LogP contribution is -2.43. The zero-order chi connectivity index (χ0) is 36.2. The van der Waals surface area contributed by atoms with E-state index in [4.69, 9.17) is 42.6 Å². The number of ketones is 1. The molecule has 0 radical (unpaired) electrons. The smallest absolute Gasteiger partial charge is 0.165 e. The Balaban J connectivity index is 2.18. The molecular weight excluding hydrogens is 628 g/mol. The van der Waals surface area contributed by atoms with Gasteiger partial charge in [-0.05, 0) is 43.2 Å². The van der Waals surface area contributed by atoms with Crippen LogP contribution in [0.2, 0.25) is 0 Å². The number of hydrogen-bond donors (Lipinski definition) is 0. The first-order valence-corrected chi connectivity index (χ1v) is 16.4. The maximum atomic E-state index is 13.6. The number of hydrogen-bond acceptors (Lipinski definition) is 10. The van der Waals surface area contributed by atoms with Crippen molar-refractivity contribution in [1.29, 1.82) is 0 Å². The average Bonchev–Trinajstić information content (AvgIpc) is 3.37. The summed E-state index contributed by atoms with van der Waals surface area (Å²) in [6.07, 6.45) is 0.987. The number of fused-ring (bicyclic) bond motifs is 1. The van der Waals surface area contributed by atoms with E-state index in [0.717, 1.165) is 28.7 Å². The Kier molecular flexibility index (Phi) is 11.7. The fourth-order valence-electron chi connectivity index (χ4n) is 8.44. The molecule has 10 nitrogen and oxygen atoms in total. The molecule has 3 aromatic rings. The van der Waals surface area contributed by atoms with Gasteiger partial charge >= 0.3 is 0 Å². The van der Waals surface area contributed by atoms with Gasteiger partial charge in [-0.25, -0.2) is 0 Å². The first-order chi connectivity index (χ1) is 23.5. The van der Waals surface area contributed by atoms with Crippen molar-refractivity contribution in [1.82, 2.24) is 0 Å². The van der Waals surface area contributed by atoms with E-state index in [0.29, 0.717) is 51.7 Å². The molecule has 10 heteroatoms. The molecule has 0 amide bonds. The summed E-state index contributed by atoms with van der Waals surface area (Å²) in [6.45, 7) is 8.22. The second-order valence-corrected chi connectivity index (χ2v) is 12.5. The summed E-state index contributed by atoms with van der Waals surface area (Å²) in [7, 11) is 14.6. The van der Waals surface area contributed by atoms with Crippen LogP contribution in [0.15, 0.2) is 30.3 Å². The lowest BCUT2D eigenvalue weighted by molar-refractivity contribution is -0.119. The van der Waals surface area contributed by atoms with Gasteiger partial charge in [0.05, 0.1) is 64.0 Å². The van der Waals surface area contributed by atoms with Gasteiger partial charge in [0.25, 0.3) is 0 Å². The fourth-order valence-corrected chi connectivity index (χ4v) is 8.44. The van der Waals surface area contributed by atoms with Crippen molar-refractivity contribution in [2.75, 3.05) is 64.0 Å². The molecule has 1 aliphatic rings. The number of carbonyl (C=O) groups excluding carboxylic acids is 1. The maximum absolute atomic E-state index is 13.6. The number of carbonyl (C=O) groups is 1. The van der Waals surface area contributed by atoms with Crippen LogP contribution in [0.5, 0.6) is 51.7 Å². The monoisotopic (exact) mass is 680 g/mol. The Hall–Kier alpha value is -4.47. The van der Waals surface area contributed by atoms with Gasteiger partial charge < -0.3 is 42.6 Å². The van der Waals surface area contributed by atoms with E-state index in [-0.39, 0.29) is 35.9 Å². The Bertz CT molecular complexity index is 1650. The Morgan fingerprint density at radius 2 is 1.12 bits per heavy atom. The molecule has 0 saturated carbocycles. The van der Waals surface area contributed by atoms with Crippen molar-refractivity contribution >= 4 is 5.78 Å². The van der Waals surface area contributed by atoms with E-state index in [2.05, 4.69) is 20.8 Å². The van der Waals surface area contributed by atoms with Crippen LogP contribution in [0.1, 0.15) is 74.6 Å². The summed E-state index contributed by atoms with van der Waals surface area (Å²) in [6, 6.07) is 9.50.